The Morgan fingerprint density at radius 2 is 2.07 bits per heavy atom. The second-order valence-electron chi connectivity index (χ2n) is 3.69. The molecule has 1 atom stereocenters. The predicted octanol–water partition coefficient (Wildman–Crippen LogP) is 1.38. The lowest BCUT2D eigenvalue weighted by Gasteiger charge is -2.25. The SMILES string of the molecule is C=C1CC(CO)(c2ccccc2)OC1=O. The molecule has 1 fully saturated rings. The van der Waals surface area contributed by atoms with Crippen molar-refractivity contribution in [2.24, 2.45) is 0 Å². The van der Waals surface area contributed by atoms with Gasteiger partial charge in [0.1, 0.15) is 0 Å². The number of carbonyl (C=O) groups is 1. The van der Waals surface area contributed by atoms with E-state index in [1.165, 1.54) is 0 Å². The van der Waals surface area contributed by atoms with Gasteiger partial charge in [-0.3, -0.25) is 0 Å². The van der Waals surface area contributed by atoms with Crippen LogP contribution in [0.15, 0.2) is 42.5 Å². The number of rotatable bonds is 2. The summed E-state index contributed by atoms with van der Waals surface area (Å²) in [5.74, 6) is -0.423. The van der Waals surface area contributed by atoms with Crippen LogP contribution < -0.4 is 0 Å². The molecule has 0 aromatic heterocycles. The molecule has 3 heteroatoms. The van der Waals surface area contributed by atoms with E-state index in [-0.39, 0.29) is 6.61 Å². The van der Waals surface area contributed by atoms with Gasteiger partial charge >= 0.3 is 5.97 Å². The Labute approximate surface area is 88.0 Å². The average molecular weight is 204 g/mol. The van der Waals surface area contributed by atoms with Gasteiger partial charge in [0, 0.05) is 12.0 Å². The summed E-state index contributed by atoms with van der Waals surface area (Å²) < 4.78 is 5.21. The van der Waals surface area contributed by atoms with Crippen LogP contribution in [-0.4, -0.2) is 17.7 Å². The number of esters is 1. The van der Waals surface area contributed by atoms with Gasteiger partial charge < -0.3 is 9.84 Å². The van der Waals surface area contributed by atoms with Crippen molar-refractivity contribution in [1.29, 1.82) is 0 Å². The van der Waals surface area contributed by atoms with Gasteiger partial charge in [0.15, 0.2) is 5.60 Å². The van der Waals surface area contributed by atoms with Crippen molar-refractivity contribution >= 4 is 5.97 Å². The number of benzene rings is 1. The Morgan fingerprint density at radius 1 is 1.40 bits per heavy atom. The number of hydrogen-bond acceptors (Lipinski definition) is 3. The Balaban J connectivity index is 2.40. The van der Waals surface area contributed by atoms with Gasteiger partial charge in [0.05, 0.1) is 6.61 Å². The maximum atomic E-state index is 11.3. The summed E-state index contributed by atoms with van der Waals surface area (Å²) in [5, 5.41) is 9.39. The van der Waals surface area contributed by atoms with Crippen LogP contribution in [0.4, 0.5) is 0 Å². The Kier molecular flexibility index (Phi) is 2.32. The lowest BCUT2D eigenvalue weighted by atomic mass is 9.90. The van der Waals surface area contributed by atoms with E-state index in [4.69, 9.17) is 4.74 Å². The highest BCUT2D eigenvalue weighted by Crippen LogP contribution is 2.38. The van der Waals surface area contributed by atoms with Crippen molar-refractivity contribution in [2.45, 2.75) is 12.0 Å². The van der Waals surface area contributed by atoms with E-state index in [0.29, 0.717) is 12.0 Å². The van der Waals surface area contributed by atoms with Crippen LogP contribution in [0.1, 0.15) is 12.0 Å². The zero-order valence-corrected chi connectivity index (χ0v) is 8.27. The minimum absolute atomic E-state index is 0.220. The van der Waals surface area contributed by atoms with Gasteiger partial charge in [-0.2, -0.15) is 0 Å². The number of aliphatic hydroxyl groups excluding tert-OH is 1. The molecule has 2 rings (SSSR count). The molecule has 1 aromatic carbocycles. The standard InChI is InChI=1S/C12H12O3/c1-9-7-12(8-13,15-11(9)14)10-5-3-2-4-6-10/h2-6,13H,1,7-8H2. The minimum atomic E-state index is -0.921. The van der Waals surface area contributed by atoms with Gasteiger partial charge in [-0.05, 0) is 5.56 Å². The van der Waals surface area contributed by atoms with Gasteiger partial charge in [-0.15, -0.1) is 0 Å². The summed E-state index contributed by atoms with van der Waals surface area (Å²) in [5.41, 5.74) is 0.294. The number of carbonyl (C=O) groups excluding carboxylic acids is 1. The first-order valence-corrected chi connectivity index (χ1v) is 4.75. The van der Waals surface area contributed by atoms with Crippen LogP contribution in [0.5, 0.6) is 0 Å². The smallest absolute Gasteiger partial charge is 0.334 e. The third-order valence-electron chi connectivity index (χ3n) is 2.63. The highest BCUT2D eigenvalue weighted by Gasteiger charge is 2.43. The Morgan fingerprint density at radius 3 is 2.53 bits per heavy atom. The van der Waals surface area contributed by atoms with Crippen LogP contribution in [0.3, 0.4) is 0 Å². The molecular formula is C12H12O3. The van der Waals surface area contributed by atoms with Gasteiger partial charge in [0.2, 0.25) is 0 Å². The zero-order chi connectivity index (χ0) is 10.9. The maximum absolute atomic E-state index is 11.3. The lowest BCUT2D eigenvalue weighted by Crippen LogP contribution is -2.29. The fraction of sp³-hybridized carbons (Fsp3) is 0.250. The van der Waals surface area contributed by atoms with Crippen LogP contribution >= 0.6 is 0 Å². The first-order chi connectivity index (χ1) is 7.18. The summed E-state index contributed by atoms with van der Waals surface area (Å²) in [6.07, 6.45) is 0.354. The monoisotopic (exact) mass is 204 g/mol. The topological polar surface area (TPSA) is 46.5 Å². The van der Waals surface area contributed by atoms with Crippen LogP contribution in [0.2, 0.25) is 0 Å². The fourth-order valence-corrected chi connectivity index (χ4v) is 1.78. The van der Waals surface area contributed by atoms with Crippen molar-refractivity contribution < 1.29 is 14.6 Å². The molecule has 0 radical (unpaired) electrons. The summed E-state index contributed by atoms with van der Waals surface area (Å²) in [7, 11) is 0. The van der Waals surface area contributed by atoms with E-state index in [0.717, 1.165) is 5.56 Å². The van der Waals surface area contributed by atoms with E-state index in [2.05, 4.69) is 6.58 Å². The first-order valence-electron chi connectivity index (χ1n) is 4.75. The zero-order valence-electron chi connectivity index (χ0n) is 8.27. The molecule has 1 aliphatic rings. The Bertz CT molecular complexity index is 379. The van der Waals surface area contributed by atoms with E-state index < -0.39 is 11.6 Å². The highest BCUT2D eigenvalue weighted by molar-refractivity contribution is 5.90. The molecule has 3 nitrogen and oxygen atoms in total. The summed E-state index contributed by atoms with van der Waals surface area (Å²) >= 11 is 0. The molecule has 0 spiro atoms. The number of aliphatic hydroxyl groups is 1. The van der Waals surface area contributed by atoms with Crippen molar-refractivity contribution in [3.63, 3.8) is 0 Å². The van der Waals surface area contributed by atoms with Crippen molar-refractivity contribution in [1.82, 2.24) is 0 Å². The van der Waals surface area contributed by atoms with Crippen molar-refractivity contribution in [3.8, 4) is 0 Å². The minimum Gasteiger partial charge on any atom is -0.448 e. The molecule has 0 bridgehead atoms. The highest BCUT2D eigenvalue weighted by atomic mass is 16.6. The average Bonchev–Trinajstić information content (AvgIpc) is 2.57. The molecule has 0 aliphatic carbocycles. The second kappa shape index (κ2) is 3.51. The quantitative estimate of drug-likeness (QED) is 0.584. The maximum Gasteiger partial charge on any atom is 0.334 e. The molecule has 0 saturated carbocycles. The molecule has 1 heterocycles. The largest absolute Gasteiger partial charge is 0.448 e. The fourth-order valence-electron chi connectivity index (χ4n) is 1.78. The molecule has 15 heavy (non-hydrogen) atoms. The van der Waals surface area contributed by atoms with E-state index in [1.807, 2.05) is 30.3 Å². The van der Waals surface area contributed by atoms with Crippen molar-refractivity contribution in [3.05, 3.63) is 48.0 Å². The van der Waals surface area contributed by atoms with E-state index in [9.17, 15) is 9.90 Å². The second-order valence-corrected chi connectivity index (χ2v) is 3.69. The summed E-state index contributed by atoms with van der Waals surface area (Å²) in [6.45, 7) is 3.40. The van der Waals surface area contributed by atoms with Gasteiger partial charge in [-0.1, -0.05) is 36.9 Å². The predicted molar refractivity (Wildman–Crippen MR) is 55.1 cm³/mol. The van der Waals surface area contributed by atoms with E-state index >= 15 is 0 Å². The number of hydrogen-bond donors (Lipinski definition) is 1. The summed E-state index contributed by atoms with van der Waals surface area (Å²) in [6, 6.07) is 9.24. The third-order valence-corrected chi connectivity index (χ3v) is 2.63. The molecular weight excluding hydrogens is 192 g/mol. The molecule has 78 valence electrons. The number of cyclic esters (lactones) is 1. The van der Waals surface area contributed by atoms with Gasteiger partial charge in [0.25, 0.3) is 0 Å². The van der Waals surface area contributed by atoms with Crippen LogP contribution in [-0.2, 0) is 15.1 Å². The van der Waals surface area contributed by atoms with E-state index in [1.54, 1.807) is 0 Å². The third kappa shape index (κ3) is 1.55. The summed E-state index contributed by atoms with van der Waals surface area (Å²) in [4.78, 5) is 11.3. The lowest BCUT2D eigenvalue weighted by molar-refractivity contribution is -0.151. The van der Waals surface area contributed by atoms with Gasteiger partial charge in [-0.25, -0.2) is 4.79 Å². The van der Waals surface area contributed by atoms with Crippen LogP contribution in [0, 0.1) is 0 Å². The van der Waals surface area contributed by atoms with Crippen molar-refractivity contribution in [2.75, 3.05) is 6.61 Å². The Hall–Kier alpha value is -1.61. The molecule has 1 saturated heterocycles. The molecule has 0 amide bonds. The normalized spacial score (nSPS) is 25.4. The first kappa shape index (κ1) is 9.93. The molecule has 1 unspecified atom stereocenters. The molecule has 1 N–H and O–H groups in total. The van der Waals surface area contributed by atoms with Crippen LogP contribution in [0.25, 0.3) is 0 Å². The molecule has 1 aromatic rings. The molecule has 1 aliphatic heterocycles. The number of ether oxygens (including phenoxy) is 1.